The molecular formula is C14H11F3N2O2S. The summed E-state index contributed by atoms with van der Waals surface area (Å²) in [6.45, 7) is 0.426. The Balaban J connectivity index is 2.32. The van der Waals surface area contributed by atoms with Crippen LogP contribution in [-0.2, 0) is 11.0 Å². The van der Waals surface area contributed by atoms with Gasteiger partial charge >= 0.3 is 6.18 Å². The molecule has 0 aromatic heterocycles. The molecule has 22 heavy (non-hydrogen) atoms. The van der Waals surface area contributed by atoms with Crippen molar-refractivity contribution in [2.75, 3.05) is 6.54 Å². The lowest BCUT2D eigenvalue weighted by Crippen LogP contribution is -2.57. The number of nitrogens with zero attached hydrogens (tertiary/aromatic N) is 1. The number of hydrogen-bond donors (Lipinski definition) is 2. The minimum Gasteiger partial charge on any atom is -0.350 e. The van der Waals surface area contributed by atoms with Crippen LogP contribution in [0.25, 0.3) is 0 Å². The molecule has 0 bridgehead atoms. The van der Waals surface area contributed by atoms with Gasteiger partial charge in [-0.05, 0) is 18.6 Å². The molecule has 1 aliphatic rings. The van der Waals surface area contributed by atoms with Gasteiger partial charge in [-0.3, -0.25) is 10.0 Å². The molecule has 1 amide bonds. The average Bonchev–Trinajstić information content (AvgIpc) is 2.44. The number of nitrogens with one attached hydrogen (secondary N) is 1. The van der Waals surface area contributed by atoms with Gasteiger partial charge in [-0.1, -0.05) is 24.2 Å². The van der Waals surface area contributed by atoms with Crippen LogP contribution in [0.15, 0.2) is 18.2 Å². The van der Waals surface area contributed by atoms with Crippen LogP contribution < -0.4 is 5.48 Å². The van der Waals surface area contributed by atoms with Crippen LogP contribution in [0.4, 0.5) is 13.2 Å². The first-order valence-corrected chi connectivity index (χ1v) is 6.63. The van der Waals surface area contributed by atoms with E-state index < -0.39 is 23.7 Å². The van der Waals surface area contributed by atoms with Gasteiger partial charge in [0, 0.05) is 17.7 Å². The number of rotatable bonds is 2. The maximum atomic E-state index is 13.0. The van der Waals surface area contributed by atoms with Crippen molar-refractivity contribution in [3.63, 3.8) is 0 Å². The molecule has 0 unspecified atom stereocenters. The Bertz CT molecular complexity index is 667. The number of terminal acetylenes is 1. The Morgan fingerprint density at radius 3 is 2.64 bits per heavy atom. The van der Waals surface area contributed by atoms with Gasteiger partial charge in [-0.15, -0.1) is 6.42 Å². The molecule has 8 heteroatoms. The Kier molecular flexibility index (Phi) is 4.39. The van der Waals surface area contributed by atoms with Crippen LogP contribution in [-0.4, -0.2) is 33.6 Å². The number of alkyl halides is 3. The zero-order chi connectivity index (χ0) is 16.5. The lowest BCUT2D eigenvalue weighted by molar-refractivity contribution is -0.138. The Morgan fingerprint density at radius 1 is 1.50 bits per heavy atom. The summed E-state index contributed by atoms with van der Waals surface area (Å²) in [6.07, 6.45) is 0.943. The van der Waals surface area contributed by atoms with Crippen molar-refractivity contribution in [3.05, 3.63) is 34.9 Å². The third kappa shape index (κ3) is 2.91. The van der Waals surface area contributed by atoms with E-state index >= 15 is 0 Å². The third-order valence-electron chi connectivity index (χ3n) is 3.42. The van der Waals surface area contributed by atoms with Crippen molar-refractivity contribution in [2.24, 2.45) is 0 Å². The van der Waals surface area contributed by atoms with Crippen LogP contribution in [0.3, 0.4) is 0 Å². The molecule has 2 rings (SSSR count). The number of carbonyl (C=O) groups is 1. The molecule has 1 heterocycles. The summed E-state index contributed by atoms with van der Waals surface area (Å²) in [5.41, 5.74) is 0.443. The van der Waals surface area contributed by atoms with Crippen molar-refractivity contribution in [1.82, 2.24) is 10.4 Å². The van der Waals surface area contributed by atoms with Crippen molar-refractivity contribution in [3.8, 4) is 12.3 Å². The van der Waals surface area contributed by atoms with Gasteiger partial charge in [-0.2, -0.15) is 13.2 Å². The van der Waals surface area contributed by atoms with Gasteiger partial charge in [0.05, 0.1) is 5.56 Å². The average molecular weight is 328 g/mol. The van der Waals surface area contributed by atoms with Gasteiger partial charge in [0.1, 0.15) is 11.0 Å². The second kappa shape index (κ2) is 5.94. The summed E-state index contributed by atoms with van der Waals surface area (Å²) in [4.78, 5) is 13.0. The van der Waals surface area contributed by atoms with E-state index in [4.69, 9.17) is 23.8 Å². The summed E-state index contributed by atoms with van der Waals surface area (Å²) in [5.74, 6) is 1.34. The predicted octanol–water partition coefficient (Wildman–Crippen LogP) is 1.94. The van der Waals surface area contributed by atoms with E-state index in [1.54, 1.807) is 0 Å². The number of hydroxylamine groups is 1. The maximum absolute atomic E-state index is 13.0. The summed E-state index contributed by atoms with van der Waals surface area (Å²) in [6, 6.07) is 2.76. The first-order chi connectivity index (χ1) is 10.3. The van der Waals surface area contributed by atoms with Crippen molar-refractivity contribution >= 4 is 23.1 Å². The summed E-state index contributed by atoms with van der Waals surface area (Å²) in [7, 11) is 0. The monoisotopic (exact) mass is 328 g/mol. The van der Waals surface area contributed by atoms with Gasteiger partial charge in [-0.25, -0.2) is 5.48 Å². The van der Waals surface area contributed by atoms with E-state index in [0.717, 1.165) is 6.07 Å². The summed E-state index contributed by atoms with van der Waals surface area (Å²) in [5, 5.41) is 8.62. The lowest BCUT2D eigenvalue weighted by atomic mass is 9.98. The van der Waals surface area contributed by atoms with Crippen LogP contribution in [0.1, 0.15) is 23.1 Å². The number of amides is 1. The zero-order valence-electron chi connectivity index (χ0n) is 11.1. The number of halogens is 3. The van der Waals surface area contributed by atoms with Crippen molar-refractivity contribution in [2.45, 2.75) is 18.6 Å². The Hall–Kier alpha value is -2.11. The number of benzene rings is 1. The second-order valence-electron chi connectivity index (χ2n) is 4.68. The fraction of sp³-hybridized carbons (Fsp3) is 0.286. The molecule has 0 saturated carbocycles. The van der Waals surface area contributed by atoms with Crippen molar-refractivity contribution in [1.29, 1.82) is 0 Å². The maximum Gasteiger partial charge on any atom is 0.417 e. The van der Waals surface area contributed by atoms with E-state index in [1.165, 1.54) is 22.5 Å². The number of likely N-dealkylation sites (tertiary alicyclic amines) is 1. The predicted molar refractivity (Wildman–Crippen MR) is 76.1 cm³/mol. The fourth-order valence-electron chi connectivity index (χ4n) is 2.18. The standard InChI is InChI=1S/C14H11F3N2O2S/c1-2-8-3-4-9(7-10(8)14(15,16)17)13(22)19-6-5-11(19)12(20)18-21/h1,3-4,7,11,21H,5-6H2,(H,18,20)/t11-/m1/s1. The fourth-order valence-corrected chi connectivity index (χ4v) is 2.53. The second-order valence-corrected chi connectivity index (χ2v) is 5.07. The van der Waals surface area contributed by atoms with Crippen LogP contribution in [0, 0.1) is 12.3 Å². The number of thiocarbonyl (C=S) groups is 1. The van der Waals surface area contributed by atoms with Gasteiger partial charge < -0.3 is 4.90 Å². The topological polar surface area (TPSA) is 52.6 Å². The van der Waals surface area contributed by atoms with Crippen LogP contribution in [0.5, 0.6) is 0 Å². The molecule has 1 saturated heterocycles. The SMILES string of the molecule is C#Cc1ccc(C(=S)N2CC[C@@H]2C(=O)NO)cc1C(F)(F)F. The molecule has 116 valence electrons. The Labute approximate surface area is 129 Å². The van der Waals surface area contributed by atoms with E-state index in [0.29, 0.717) is 13.0 Å². The molecule has 1 aromatic rings. The Morgan fingerprint density at radius 2 is 2.18 bits per heavy atom. The van der Waals surface area contributed by atoms with Crippen LogP contribution >= 0.6 is 12.2 Å². The highest BCUT2D eigenvalue weighted by Gasteiger charge is 2.37. The first kappa shape index (κ1) is 16.3. The van der Waals surface area contributed by atoms with Crippen molar-refractivity contribution < 1.29 is 23.2 Å². The minimum absolute atomic E-state index is 0.105. The first-order valence-electron chi connectivity index (χ1n) is 6.22. The highest BCUT2D eigenvalue weighted by Crippen LogP contribution is 2.33. The normalized spacial score (nSPS) is 17.4. The van der Waals surface area contributed by atoms with Gasteiger partial charge in [0.15, 0.2) is 0 Å². The van der Waals surface area contributed by atoms with E-state index in [9.17, 15) is 18.0 Å². The van der Waals surface area contributed by atoms with E-state index in [1.807, 2.05) is 5.92 Å². The van der Waals surface area contributed by atoms with Crippen LogP contribution in [0.2, 0.25) is 0 Å². The molecule has 0 radical (unpaired) electrons. The largest absolute Gasteiger partial charge is 0.417 e. The molecule has 2 N–H and O–H groups in total. The molecular weight excluding hydrogens is 317 g/mol. The quantitative estimate of drug-likeness (QED) is 0.377. The molecule has 4 nitrogen and oxygen atoms in total. The molecule has 1 aliphatic heterocycles. The molecule has 1 fully saturated rings. The molecule has 1 aromatic carbocycles. The van der Waals surface area contributed by atoms with E-state index in [2.05, 4.69) is 0 Å². The highest BCUT2D eigenvalue weighted by atomic mass is 32.1. The number of hydrogen-bond acceptors (Lipinski definition) is 3. The minimum atomic E-state index is -4.59. The summed E-state index contributed by atoms with van der Waals surface area (Å²) >= 11 is 5.15. The third-order valence-corrected chi connectivity index (χ3v) is 3.89. The van der Waals surface area contributed by atoms with Gasteiger partial charge in [0.2, 0.25) is 0 Å². The van der Waals surface area contributed by atoms with E-state index in [-0.39, 0.29) is 16.1 Å². The zero-order valence-corrected chi connectivity index (χ0v) is 12.0. The molecule has 0 aliphatic carbocycles. The lowest BCUT2D eigenvalue weighted by Gasteiger charge is -2.41. The molecule has 1 atom stereocenters. The summed E-state index contributed by atoms with van der Waals surface area (Å²) < 4.78 is 39.0. The smallest absolute Gasteiger partial charge is 0.350 e. The molecule has 0 spiro atoms. The van der Waals surface area contributed by atoms with Gasteiger partial charge in [0.25, 0.3) is 5.91 Å². The number of carbonyl (C=O) groups excluding carboxylic acids is 1. The highest BCUT2D eigenvalue weighted by molar-refractivity contribution is 7.80.